The van der Waals surface area contributed by atoms with Crippen LogP contribution in [0.1, 0.15) is 38.5 Å². The smallest absolute Gasteiger partial charge is 0.321 e. The minimum absolute atomic E-state index is 0.391. The van der Waals surface area contributed by atoms with Gasteiger partial charge in [-0.25, -0.2) is 0 Å². The van der Waals surface area contributed by atoms with Gasteiger partial charge in [0.25, 0.3) is 0 Å². The lowest BCUT2D eigenvalue weighted by Gasteiger charge is -2.56. The van der Waals surface area contributed by atoms with Crippen LogP contribution < -0.4 is 5.73 Å². The molecule has 1 atom stereocenters. The van der Waals surface area contributed by atoms with Crippen LogP contribution in [0.4, 0.5) is 0 Å². The molecule has 0 aliphatic heterocycles. The number of rotatable bonds is 4. The SMILES string of the molecule is N[C@H](CSC12CC3CC(CC(C3)C1)C2)C(=O)O. The highest BCUT2D eigenvalue weighted by Gasteiger charge is 2.51. The van der Waals surface area contributed by atoms with Gasteiger partial charge in [0.15, 0.2) is 0 Å². The van der Waals surface area contributed by atoms with E-state index in [-0.39, 0.29) is 0 Å². The predicted molar refractivity (Wildman–Crippen MR) is 69.0 cm³/mol. The van der Waals surface area contributed by atoms with Crippen LogP contribution in [0, 0.1) is 17.8 Å². The molecule has 96 valence electrons. The van der Waals surface area contributed by atoms with Crippen LogP contribution in [0.25, 0.3) is 0 Å². The molecule has 0 saturated heterocycles. The summed E-state index contributed by atoms with van der Waals surface area (Å²) in [6.45, 7) is 0. The fourth-order valence-corrected chi connectivity index (χ4v) is 6.28. The topological polar surface area (TPSA) is 63.3 Å². The van der Waals surface area contributed by atoms with E-state index in [1.807, 2.05) is 11.8 Å². The Morgan fingerprint density at radius 1 is 1.24 bits per heavy atom. The zero-order valence-corrected chi connectivity index (χ0v) is 10.9. The lowest BCUT2D eigenvalue weighted by Crippen LogP contribution is -2.49. The summed E-state index contributed by atoms with van der Waals surface area (Å²) in [4.78, 5) is 10.8. The lowest BCUT2D eigenvalue weighted by atomic mass is 9.56. The summed E-state index contributed by atoms with van der Waals surface area (Å²) in [6.07, 6.45) is 8.25. The van der Waals surface area contributed by atoms with Crippen LogP contribution in [0.5, 0.6) is 0 Å². The van der Waals surface area contributed by atoms with Gasteiger partial charge < -0.3 is 10.8 Å². The highest BCUT2D eigenvalue weighted by molar-refractivity contribution is 8.00. The van der Waals surface area contributed by atoms with Gasteiger partial charge in [-0.15, -0.1) is 0 Å². The Hall–Kier alpha value is -0.220. The first-order chi connectivity index (χ1) is 8.06. The van der Waals surface area contributed by atoms with E-state index in [9.17, 15) is 4.79 Å². The van der Waals surface area contributed by atoms with Crippen molar-refractivity contribution in [3.63, 3.8) is 0 Å². The number of carboxylic acid groups (broad SMARTS) is 1. The fraction of sp³-hybridized carbons (Fsp3) is 0.923. The minimum Gasteiger partial charge on any atom is -0.480 e. The Kier molecular flexibility index (Phi) is 2.90. The highest BCUT2D eigenvalue weighted by atomic mass is 32.2. The standard InChI is InChI=1S/C13H21NO2S/c14-11(12(15)16)7-17-13-4-8-1-9(5-13)3-10(2-8)6-13/h8-11H,1-7,14H2,(H,15,16)/t8?,9?,10?,11-,13?/m1/s1. The molecule has 4 bridgehead atoms. The molecule has 4 heteroatoms. The molecular weight excluding hydrogens is 234 g/mol. The van der Waals surface area contributed by atoms with Gasteiger partial charge in [0.1, 0.15) is 6.04 Å². The van der Waals surface area contributed by atoms with Gasteiger partial charge in [-0.1, -0.05) is 0 Å². The Bertz CT molecular complexity index is 296. The summed E-state index contributed by atoms with van der Waals surface area (Å²) in [5.41, 5.74) is 5.63. The Morgan fingerprint density at radius 2 is 1.71 bits per heavy atom. The van der Waals surface area contributed by atoms with Crippen LogP contribution in [0.3, 0.4) is 0 Å². The summed E-state index contributed by atoms with van der Waals surface area (Å²) >= 11 is 1.86. The van der Waals surface area contributed by atoms with Crippen molar-refractivity contribution in [3.05, 3.63) is 0 Å². The van der Waals surface area contributed by atoms with Gasteiger partial charge in [-0.05, 0) is 56.3 Å². The normalized spacial score (nSPS) is 44.9. The summed E-state index contributed by atoms with van der Waals surface area (Å²) in [6, 6.07) is -0.687. The van der Waals surface area contributed by atoms with Gasteiger partial charge in [0, 0.05) is 10.5 Å². The average molecular weight is 255 g/mol. The van der Waals surface area contributed by atoms with Gasteiger partial charge in [0.2, 0.25) is 0 Å². The van der Waals surface area contributed by atoms with E-state index in [1.54, 1.807) is 0 Å². The predicted octanol–water partition coefficient (Wildman–Crippen LogP) is 2.10. The second kappa shape index (κ2) is 4.16. The van der Waals surface area contributed by atoms with E-state index < -0.39 is 12.0 Å². The molecule has 0 aromatic carbocycles. The Balaban J connectivity index is 1.64. The third kappa shape index (κ3) is 2.22. The molecule has 17 heavy (non-hydrogen) atoms. The summed E-state index contributed by atoms with van der Waals surface area (Å²) in [7, 11) is 0. The van der Waals surface area contributed by atoms with Crippen LogP contribution in [0.15, 0.2) is 0 Å². The molecule has 4 aliphatic rings. The van der Waals surface area contributed by atoms with Crippen molar-refractivity contribution in [1.82, 2.24) is 0 Å². The number of nitrogens with two attached hydrogens (primary N) is 1. The summed E-state index contributed by atoms with van der Waals surface area (Å²) < 4.78 is 0.391. The monoisotopic (exact) mass is 255 g/mol. The molecule has 0 heterocycles. The largest absolute Gasteiger partial charge is 0.480 e. The van der Waals surface area contributed by atoms with E-state index >= 15 is 0 Å². The van der Waals surface area contributed by atoms with Crippen molar-refractivity contribution in [1.29, 1.82) is 0 Å². The van der Waals surface area contributed by atoms with E-state index in [0.717, 1.165) is 17.8 Å². The Labute approximate surface area is 107 Å². The fourth-order valence-electron chi connectivity index (χ4n) is 4.55. The molecule has 0 radical (unpaired) electrons. The lowest BCUT2D eigenvalue weighted by molar-refractivity contribution is -0.137. The average Bonchev–Trinajstić information content (AvgIpc) is 2.24. The number of hydrogen-bond acceptors (Lipinski definition) is 3. The molecule has 4 rings (SSSR count). The third-order valence-corrected chi connectivity index (χ3v) is 6.51. The van der Waals surface area contributed by atoms with Crippen molar-refractivity contribution in [2.45, 2.75) is 49.3 Å². The Morgan fingerprint density at radius 3 is 2.12 bits per heavy atom. The third-order valence-electron chi connectivity index (χ3n) is 4.87. The molecule has 0 unspecified atom stereocenters. The molecule has 3 nitrogen and oxygen atoms in total. The molecule has 0 amide bonds. The van der Waals surface area contributed by atoms with Crippen LogP contribution >= 0.6 is 11.8 Å². The number of thioether (sulfide) groups is 1. The number of carbonyl (C=O) groups is 1. The second-order valence-corrected chi connectivity index (χ2v) is 7.84. The molecular formula is C13H21NO2S. The van der Waals surface area contributed by atoms with Crippen LogP contribution in [-0.2, 0) is 4.79 Å². The van der Waals surface area contributed by atoms with Crippen molar-refractivity contribution in [2.75, 3.05) is 5.75 Å². The van der Waals surface area contributed by atoms with Crippen LogP contribution in [0.2, 0.25) is 0 Å². The maximum absolute atomic E-state index is 10.8. The first-order valence-electron chi connectivity index (χ1n) is 6.69. The molecule has 0 spiro atoms. The first kappa shape index (κ1) is 11.8. The van der Waals surface area contributed by atoms with Crippen molar-refractivity contribution >= 4 is 17.7 Å². The van der Waals surface area contributed by atoms with E-state index in [2.05, 4.69) is 0 Å². The molecule has 4 saturated carbocycles. The van der Waals surface area contributed by atoms with Crippen LogP contribution in [-0.4, -0.2) is 27.6 Å². The highest BCUT2D eigenvalue weighted by Crippen LogP contribution is 2.60. The quantitative estimate of drug-likeness (QED) is 0.807. The van der Waals surface area contributed by atoms with E-state index in [4.69, 9.17) is 10.8 Å². The minimum atomic E-state index is -0.859. The maximum atomic E-state index is 10.8. The summed E-state index contributed by atoms with van der Waals surface area (Å²) in [5, 5.41) is 8.86. The van der Waals surface area contributed by atoms with Gasteiger partial charge in [-0.3, -0.25) is 4.79 Å². The zero-order chi connectivity index (χ0) is 12.0. The van der Waals surface area contributed by atoms with Crippen molar-refractivity contribution < 1.29 is 9.90 Å². The van der Waals surface area contributed by atoms with Gasteiger partial charge in [-0.2, -0.15) is 11.8 Å². The van der Waals surface area contributed by atoms with E-state index in [0.29, 0.717) is 10.5 Å². The molecule has 4 fully saturated rings. The number of aliphatic carboxylic acids is 1. The van der Waals surface area contributed by atoms with Gasteiger partial charge in [0.05, 0.1) is 0 Å². The van der Waals surface area contributed by atoms with Gasteiger partial charge >= 0.3 is 5.97 Å². The maximum Gasteiger partial charge on any atom is 0.321 e. The van der Waals surface area contributed by atoms with Crippen molar-refractivity contribution in [3.8, 4) is 0 Å². The molecule has 0 aromatic rings. The summed E-state index contributed by atoms with van der Waals surface area (Å²) in [5.74, 6) is 2.50. The van der Waals surface area contributed by atoms with E-state index in [1.165, 1.54) is 38.5 Å². The first-order valence-corrected chi connectivity index (χ1v) is 7.67. The van der Waals surface area contributed by atoms with Crippen molar-refractivity contribution in [2.24, 2.45) is 23.5 Å². The molecule has 0 aromatic heterocycles. The second-order valence-electron chi connectivity index (χ2n) is 6.36. The number of carboxylic acids is 1. The molecule has 3 N–H and O–H groups in total. The zero-order valence-electron chi connectivity index (χ0n) is 10.1. The number of hydrogen-bond donors (Lipinski definition) is 2. The molecule has 4 aliphatic carbocycles.